The second-order valence-electron chi connectivity index (χ2n) is 7.81. The molecule has 35 heavy (non-hydrogen) atoms. The first-order valence-electron chi connectivity index (χ1n) is 11.0. The van der Waals surface area contributed by atoms with Crippen molar-refractivity contribution in [2.75, 3.05) is 5.75 Å². The molecule has 0 aliphatic heterocycles. The van der Waals surface area contributed by atoms with E-state index in [2.05, 4.69) is 14.7 Å². The molecule has 0 bridgehead atoms. The van der Waals surface area contributed by atoms with Gasteiger partial charge in [0.25, 0.3) is 0 Å². The average molecular weight is 502 g/mol. The highest BCUT2D eigenvalue weighted by molar-refractivity contribution is 7.97. The van der Waals surface area contributed by atoms with Crippen molar-refractivity contribution in [3.63, 3.8) is 0 Å². The van der Waals surface area contributed by atoms with Gasteiger partial charge >= 0.3 is 0 Å². The van der Waals surface area contributed by atoms with Crippen LogP contribution < -0.4 is 10.2 Å². The van der Waals surface area contributed by atoms with Crippen LogP contribution in [0.1, 0.15) is 12.6 Å². The summed E-state index contributed by atoms with van der Waals surface area (Å²) in [6.07, 6.45) is 1.73. The number of aromatic amines is 1. The predicted molar refractivity (Wildman–Crippen MR) is 141 cm³/mol. The van der Waals surface area contributed by atoms with E-state index in [9.17, 15) is 9.59 Å². The molecule has 0 fully saturated rings. The fraction of sp³-hybridized carbons (Fsp3) is 0.115. The molecule has 5 rings (SSSR count). The Balaban J connectivity index is 1.70. The Morgan fingerprint density at radius 1 is 1.00 bits per heavy atom. The number of benzene rings is 2. The van der Waals surface area contributed by atoms with Crippen molar-refractivity contribution in [3.05, 3.63) is 87.8 Å². The summed E-state index contributed by atoms with van der Waals surface area (Å²) >= 11 is 7.86. The Morgan fingerprint density at radius 2 is 1.80 bits per heavy atom. The van der Waals surface area contributed by atoms with Crippen molar-refractivity contribution in [1.82, 2.24) is 24.7 Å². The summed E-state index contributed by atoms with van der Waals surface area (Å²) in [7, 11) is 0. The van der Waals surface area contributed by atoms with Crippen LogP contribution in [0.15, 0.2) is 71.7 Å². The average Bonchev–Trinajstić information content (AvgIpc) is 2.87. The normalized spacial score (nSPS) is 11.1. The van der Waals surface area contributed by atoms with Crippen molar-refractivity contribution < 1.29 is 4.79 Å². The van der Waals surface area contributed by atoms with Crippen LogP contribution in [0.4, 0.5) is 0 Å². The highest BCUT2D eigenvalue weighted by atomic mass is 35.5. The van der Waals surface area contributed by atoms with Crippen molar-refractivity contribution >= 4 is 51.5 Å². The van der Waals surface area contributed by atoms with Crippen LogP contribution >= 0.6 is 23.5 Å². The van der Waals surface area contributed by atoms with Gasteiger partial charge in [-0.3, -0.25) is 19.3 Å². The van der Waals surface area contributed by atoms with Gasteiger partial charge < -0.3 is 4.98 Å². The van der Waals surface area contributed by atoms with Gasteiger partial charge in [0.2, 0.25) is 11.3 Å². The van der Waals surface area contributed by atoms with Gasteiger partial charge in [-0.15, -0.1) is 0 Å². The van der Waals surface area contributed by atoms with E-state index < -0.39 is 0 Å². The lowest BCUT2D eigenvalue weighted by Gasteiger charge is -2.12. The molecular weight excluding hydrogens is 482 g/mol. The van der Waals surface area contributed by atoms with Crippen molar-refractivity contribution in [2.24, 2.45) is 0 Å². The zero-order chi connectivity index (χ0) is 24.4. The van der Waals surface area contributed by atoms with Gasteiger partial charge in [0.15, 0.2) is 11.2 Å². The van der Waals surface area contributed by atoms with E-state index in [-0.39, 0.29) is 23.3 Å². The van der Waals surface area contributed by atoms with Crippen LogP contribution in [0.25, 0.3) is 44.6 Å². The molecule has 1 amide bonds. The number of H-pyrrole nitrogens is 1. The summed E-state index contributed by atoms with van der Waals surface area (Å²) in [5, 5.41) is 1.34. The smallest absolute Gasteiger partial charge is 0.235 e. The lowest BCUT2D eigenvalue weighted by atomic mass is 10.0. The number of nitrogens with zero attached hydrogens (tertiary/aromatic N) is 3. The summed E-state index contributed by atoms with van der Waals surface area (Å²) in [5.74, 6) is 0.558. The summed E-state index contributed by atoms with van der Waals surface area (Å²) in [6, 6.07) is 18.5. The number of aromatic nitrogens is 4. The van der Waals surface area contributed by atoms with Crippen molar-refractivity contribution in [1.29, 1.82) is 0 Å². The summed E-state index contributed by atoms with van der Waals surface area (Å²) < 4.78 is 2.74. The van der Waals surface area contributed by atoms with Crippen LogP contribution in [-0.2, 0) is 11.2 Å². The maximum Gasteiger partial charge on any atom is 0.235 e. The standard InChI is InChI=1S/C26H20ClN5O2S/c1-2-35-32-21(34)14-18-13-20(33)25-26(29-18)31-23(15-7-4-3-5-8-15)24(30-25)17-11-16-9-6-10-28-22(16)19(27)12-17/h3-13H,2,14H2,1H3,(H,32,34)(H,29,31,33). The van der Waals surface area contributed by atoms with Gasteiger partial charge in [0.05, 0.1) is 28.3 Å². The molecule has 3 aromatic heterocycles. The Kier molecular flexibility index (Phi) is 6.48. The third-order valence-electron chi connectivity index (χ3n) is 5.37. The molecule has 0 unspecified atom stereocenters. The molecule has 0 saturated carbocycles. The molecular formula is C26H20ClN5O2S. The molecule has 2 aromatic carbocycles. The Labute approximate surface area is 210 Å². The highest BCUT2D eigenvalue weighted by Gasteiger charge is 2.18. The Hall–Kier alpha value is -3.75. The van der Waals surface area contributed by atoms with E-state index in [4.69, 9.17) is 21.6 Å². The number of carbonyl (C=O) groups is 1. The SMILES string of the molecule is CCSNC(=O)Cc1cc(=O)c2nc(-c3cc(Cl)c4ncccc4c3)c(-c3ccccc3)nc2[nH]1. The molecule has 9 heteroatoms. The monoisotopic (exact) mass is 501 g/mol. The first-order valence-corrected chi connectivity index (χ1v) is 12.3. The second kappa shape index (κ2) is 9.85. The summed E-state index contributed by atoms with van der Waals surface area (Å²) in [5.41, 5.74) is 4.04. The minimum atomic E-state index is -0.313. The number of hydrogen-bond donors (Lipinski definition) is 2. The largest absolute Gasteiger partial charge is 0.341 e. The lowest BCUT2D eigenvalue weighted by Crippen LogP contribution is -2.20. The molecule has 0 aliphatic rings. The molecule has 7 nitrogen and oxygen atoms in total. The number of fused-ring (bicyclic) bond motifs is 2. The predicted octanol–water partition coefficient (Wildman–Crippen LogP) is 5.18. The zero-order valence-corrected chi connectivity index (χ0v) is 20.3. The van der Waals surface area contributed by atoms with Crippen LogP contribution in [0.3, 0.4) is 0 Å². The van der Waals surface area contributed by atoms with Crippen molar-refractivity contribution in [3.8, 4) is 22.5 Å². The fourth-order valence-corrected chi connectivity index (χ4v) is 4.50. The third-order valence-corrected chi connectivity index (χ3v) is 6.32. The molecule has 0 radical (unpaired) electrons. The van der Waals surface area contributed by atoms with Gasteiger partial charge in [0.1, 0.15) is 0 Å². The summed E-state index contributed by atoms with van der Waals surface area (Å²) in [4.78, 5) is 42.2. The number of pyridine rings is 2. The molecule has 174 valence electrons. The van der Waals surface area contributed by atoms with Gasteiger partial charge in [-0.05, 0) is 18.2 Å². The quantitative estimate of drug-likeness (QED) is 0.311. The van der Waals surface area contributed by atoms with Crippen LogP contribution in [0.2, 0.25) is 5.02 Å². The highest BCUT2D eigenvalue weighted by Crippen LogP contribution is 2.34. The number of nitrogens with one attached hydrogen (secondary N) is 2. The van der Waals surface area contributed by atoms with Crippen LogP contribution in [0, 0.1) is 0 Å². The third kappa shape index (κ3) is 4.76. The van der Waals surface area contributed by atoms with Gasteiger partial charge in [-0.1, -0.05) is 66.9 Å². The number of rotatable bonds is 6. The molecule has 2 N–H and O–H groups in total. The Morgan fingerprint density at radius 3 is 2.60 bits per heavy atom. The van der Waals surface area contributed by atoms with Crippen LogP contribution in [-0.4, -0.2) is 31.6 Å². The van der Waals surface area contributed by atoms with Gasteiger partial charge in [-0.2, -0.15) is 0 Å². The number of halogens is 1. The molecule has 3 heterocycles. The topological polar surface area (TPSA) is 101 Å². The van der Waals surface area contributed by atoms with E-state index >= 15 is 0 Å². The molecule has 0 saturated heterocycles. The molecule has 0 spiro atoms. The zero-order valence-electron chi connectivity index (χ0n) is 18.7. The van der Waals surface area contributed by atoms with Crippen molar-refractivity contribution in [2.45, 2.75) is 13.3 Å². The minimum absolute atomic E-state index is 0.0373. The lowest BCUT2D eigenvalue weighted by molar-refractivity contribution is -0.118. The van der Waals surface area contributed by atoms with E-state index in [1.807, 2.05) is 55.5 Å². The van der Waals surface area contributed by atoms with Gasteiger partial charge in [0, 0.05) is 40.2 Å². The molecule has 0 atom stereocenters. The molecule has 0 aliphatic carbocycles. The minimum Gasteiger partial charge on any atom is -0.341 e. The molecule has 5 aromatic rings. The summed E-state index contributed by atoms with van der Waals surface area (Å²) in [6.45, 7) is 1.94. The van der Waals surface area contributed by atoms with Gasteiger partial charge in [-0.25, -0.2) is 9.97 Å². The van der Waals surface area contributed by atoms with Crippen LogP contribution in [0.5, 0.6) is 0 Å². The maximum atomic E-state index is 13.0. The van der Waals surface area contributed by atoms with E-state index in [1.54, 1.807) is 12.3 Å². The number of amides is 1. The number of hydrogen-bond acceptors (Lipinski definition) is 6. The van der Waals surface area contributed by atoms with E-state index in [1.165, 1.54) is 18.0 Å². The first-order chi connectivity index (χ1) is 17.0. The Bertz CT molecular complexity index is 1620. The number of carbonyl (C=O) groups excluding carboxylic acids is 1. The van der Waals surface area contributed by atoms with E-state index in [0.29, 0.717) is 33.3 Å². The first kappa shape index (κ1) is 23.0. The fourth-order valence-electron chi connectivity index (χ4n) is 3.85. The second-order valence-corrected chi connectivity index (χ2v) is 9.29. The van der Waals surface area contributed by atoms with E-state index in [0.717, 1.165) is 22.3 Å². The maximum absolute atomic E-state index is 13.0.